The number of nitrogens with zero attached hydrogens (tertiary/aromatic N) is 3. The normalized spacial score (nSPS) is 11.3. The predicted molar refractivity (Wildman–Crippen MR) is 92.9 cm³/mol. The smallest absolute Gasteiger partial charge is 0.181 e. The van der Waals surface area contributed by atoms with E-state index in [1.807, 2.05) is 34.9 Å². The number of imidazole rings is 1. The standard InChI is InChI=1S/C17H14N4OS/c1-10(22)12-3-5-13-15(7-12)21(9-19-13)8-11-2-4-14-16(6-11)23-17(18)20-14/h2-7,9H,8H2,1H3,(H2,18,20). The number of benzene rings is 2. The van der Waals surface area contributed by atoms with E-state index in [4.69, 9.17) is 5.73 Å². The fraction of sp³-hybridized carbons (Fsp3) is 0.118. The third kappa shape index (κ3) is 2.47. The molecule has 0 aliphatic heterocycles. The van der Waals surface area contributed by atoms with Crippen LogP contribution in [-0.2, 0) is 6.54 Å². The maximum Gasteiger partial charge on any atom is 0.181 e. The number of thiazole rings is 1. The van der Waals surface area contributed by atoms with Gasteiger partial charge >= 0.3 is 0 Å². The molecule has 2 aromatic carbocycles. The minimum absolute atomic E-state index is 0.0567. The number of rotatable bonds is 3. The van der Waals surface area contributed by atoms with Crippen LogP contribution in [-0.4, -0.2) is 20.3 Å². The van der Waals surface area contributed by atoms with E-state index in [-0.39, 0.29) is 5.78 Å². The average Bonchev–Trinajstić information content (AvgIpc) is 3.09. The van der Waals surface area contributed by atoms with Crippen LogP contribution >= 0.6 is 11.3 Å². The Balaban J connectivity index is 1.75. The van der Waals surface area contributed by atoms with Crippen molar-refractivity contribution in [2.24, 2.45) is 0 Å². The first-order valence-corrected chi connectivity index (χ1v) is 8.02. The Bertz CT molecular complexity index is 1050. The number of anilines is 1. The van der Waals surface area contributed by atoms with E-state index in [0.717, 1.165) is 26.8 Å². The average molecular weight is 322 g/mol. The number of hydrogen-bond donors (Lipinski definition) is 1. The van der Waals surface area contributed by atoms with Gasteiger partial charge in [0.2, 0.25) is 0 Å². The minimum Gasteiger partial charge on any atom is -0.375 e. The highest BCUT2D eigenvalue weighted by Crippen LogP contribution is 2.25. The van der Waals surface area contributed by atoms with Gasteiger partial charge in [0.05, 0.1) is 27.6 Å². The third-order valence-corrected chi connectivity index (χ3v) is 4.70. The molecule has 2 heterocycles. The maximum atomic E-state index is 11.6. The van der Waals surface area contributed by atoms with E-state index in [1.165, 1.54) is 11.3 Å². The number of carbonyl (C=O) groups excluding carboxylic acids is 1. The molecule has 0 saturated carbocycles. The Labute approximate surface area is 136 Å². The summed E-state index contributed by atoms with van der Waals surface area (Å²) in [6.45, 7) is 2.26. The van der Waals surface area contributed by atoms with Crippen LogP contribution in [0.15, 0.2) is 42.7 Å². The highest BCUT2D eigenvalue weighted by Gasteiger charge is 2.08. The molecule has 4 rings (SSSR count). The SMILES string of the molecule is CC(=O)c1ccc2ncn(Cc3ccc4nc(N)sc4c3)c2c1. The Morgan fingerprint density at radius 3 is 2.87 bits per heavy atom. The summed E-state index contributed by atoms with van der Waals surface area (Å²) in [5, 5.41) is 0.580. The quantitative estimate of drug-likeness (QED) is 0.586. The zero-order valence-electron chi connectivity index (χ0n) is 12.5. The molecular weight excluding hydrogens is 308 g/mol. The van der Waals surface area contributed by atoms with E-state index in [1.54, 1.807) is 13.3 Å². The second kappa shape index (κ2) is 5.17. The first-order chi connectivity index (χ1) is 11.1. The molecule has 0 spiro atoms. The number of ketones is 1. The van der Waals surface area contributed by atoms with Gasteiger partial charge in [0.15, 0.2) is 10.9 Å². The van der Waals surface area contributed by atoms with Gasteiger partial charge in [-0.3, -0.25) is 4.79 Å². The molecule has 0 atom stereocenters. The molecule has 23 heavy (non-hydrogen) atoms. The van der Waals surface area contributed by atoms with E-state index in [0.29, 0.717) is 17.2 Å². The van der Waals surface area contributed by atoms with Crippen LogP contribution in [0.1, 0.15) is 22.8 Å². The predicted octanol–water partition coefficient (Wildman–Crippen LogP) is 3.48. The van der Waals surface area contributed by atoms with E-state index < -0.39 is 0 Å². The van der Waals surface area contributed by atoms with Crippen LogP contribution in [0.3, 0.4) is 0 Å². The van der Waals surface area contributed by atoms with Gasteiger partial charge in [0, 0.05) is 12.1 Å². The van der Waals surface area contributed by atoms with Crippen molar-refractivity contribution in [2.45, 2.75) is 13.5 Å². The monoisotopic (exact) mass is 322 g/mol. The zero-order chi connectivity index (χ0) is 16.0. The van der Waals surface area contributed by atoms with Crippen LogP contribution in [0.25, 0.3) is 21.3 Å². The molecule has 114 valence electrons. The van der Waals surface area contributed by atoms with Crippen LogP contribution in [0.4, 0.5) is 5.13 Å². The molecule has 0 bridgehead atoms. The van der Waals surface area contributed by atoms with Crippen LogP contribution < -0.4 is 5.73 Å². The lowest BCUT2D eigenvalue weighted by Gasteiger charge is -2.05. The minimum atomic E-state index is 0.0567. The topological polar surface area (TPSA) is 73.8 Å². The Kier molecular flexibility index (Phi) is 3.12. The summed E-state index contributed by atoms with van der Waals surface area (Å²) in [5.41, 5.74) is 10.4. The van der Waals surface area contributed by atoms with E-state index in [2.05, 4.69) is 16.0 Å². The molecule has 0 fully saturated rings. The molecule has 2 aromatic heterocycles. The number of nitrogens with two attached hydrogens (primary N) is 1. The van der Waals surface area contributed by atoms with Crippen molar-refractivity contribution in [3.63, 3.8) is 0 Å². The van der Waals surface area contributed by atoms with Crippen molar-refractivity contribution in [2.75, 3.05) is 5.73 Å². The van der Waals surface area contributed by atoms with Gasteiger partial charge in [-0.2, -0.15) is 0 Å². The fourth-order valence-electron chi connectivity index (χ4n) is 2.68. The summed E-state index contributed by atoms with van der Waals surface area (Å²) in [4.78, 5) is 20.3. The lowest BCUT2D eigenvalue weighted by Crippen LogP contribution is -1.99. The summed E-state index contributed by atoms with van der Waals surface area (Å²) < 4.78 is 3.13. The molecule has 0 amide bonds. The van der Waals surface area contributed by atoms with Crippen molar-refractivity contribution >= 4 is 43.5 Å². The summed E-state index contributed by atoms with van der Waals surface area (Å²) in [6.07, 6.45) is 1.81. The van der Waals surface area contributed by atoms with Gasteiger partial charge < -0.3 is 10.3 Å². The second-order valence-electron chi connectivity index (χ2n) is 5.49. The zero-order valence-corrected chi connectivity index (χ0v) is 13.3. The summed E-state index contributed by atoms with van der Waals surface area (Å²) >= 11 is 1.49. The Morgan fingerprint density at radius 2 is 2.04 bits per heavy atom. The Hall–Kier alpha value is -2.73. The molecule has 6 heteroatoms. The number of carbonyl (C=O) groups is 1. The number of aromatic nitrogens is 3. The lowest BCUT2D eigenvalue weighted by atomic mass is 10.1. The van der Waals surface area contributed by atoms with Crippen LogP contribution in [0.2, 0.25) is 0 Å². The first kappa shape index (κ1) is 13.9. The fourth-order valence-corrected chi connectivity index (χ4v) is 3.48. The van der Waals surface area contributed by atoms with Gasteiger partial charge in [0.1, 0.15) is 0 Å². The van der Waals surface area contributed by atoms with E-state index >= 15 is 0 Å². The molecule has 0 aliphatic carbocycles. The van der Waals surface area contributed by atoms with Crippen molar-refractivity contribution in [3.05, 3.63) is 53.9 Å². The summed E-state index contributed by atoms with van der Waals surface area (Å²) in [7, 11) is 0. The molecule has 0 radical (unpaired) electrons. The molecule has 5 nitrogen and oxygen atoms in total. The van der Waals surface area contributed by atoms with Crippen molar-refractivity contribution in [1.29, 1.82) is 0 Å². The largest absolute Gasteiger partial charge is 0.375 e. The second-order valence-corrected chi connectivity index (χ2v) is 6.55. The van der Waals surface area contributed by atoms with Crippen molar-refractivity contribution in [1.82, 2.24) is 14.5 Å². The molecule has 0 saturated heterocycles. The molecule has 0 unspecified atom stereocenters. The first-order valence-electron chi connectivity index (χ1n) is 7.21. The number of fused-ring (bicyclic) bond motifs is 2. The molecule has 4 aromatic rings. The van der Waals surface area contributed by atoms with Crippen molar-refractivity contribution in [3.8, 4) is 0 Å². The summed E-state index contributed by atoms with van der Waals surface area (Å²) in [6, 6.07) is 11.7. The number of hydrogen-bond acceptors (Lipinski definition) is 5. The lowest BCUT2D eigenvalue weighted by molar-refractivity contribution is 0.101. The highest BCUT2D eigenvalue weighted by molar-refractivity contribution is 7.22. The number of nitrogen functional groups attached to an aromatic ring is 1. The molecular formula is C17H14N4OS. The molecule has 2 N–H and O–H groups in total. The number of Topliss-reactive ketones (excluding diaryl/α,β-unsaturated/α-hetero) is 1. The van der Waals surface area contributed by atoms with Crippen molar-refractivity contribution < 1.29 is 4.79 Å². The van der Waals surface area contributed by atoms with E-state index in [9.17, 15) is 4.79 Å². The van der Waals surface area contributed by atoms with Crippen LogP contribution in [0, 0.1) is 0 Å². The van der Waals surface area contributed by atoms with Gasteiger partial charge in [-0.05, 0) is 42.8 Å². The van der Waals surface area contributed by atoms with Gasteiger partial charge in [-0.15, -0.1) is 0 Å². The van der Waals surface area contributed by atoms with Gasteiger partial charge in [-0.25, -0.2) is 9.97 Å². The van der Waals surface area contributed by atoms with Crippen LogP contribution in [0.5, 0.6) is 0 Å². The maximum absolute atomic E-state index is 11.6. The van der Waals surface area contributed by atoms with Gasteiger partial charge in [0.25, 0.3) is 0 Å². The molecule has 0 aliphatic rings. The summed E-state index contributed by atoms with van der Waals surface area (Å²) in [5.74, 6) is 0.0567. The Morgan fingerprint density at radius 1 is 1.22 bits per heavy atom. The highest BCUT2D eigenvalue weighted by atomic mass is 32.1. The third-order valence-electron chi connectivity index (χ3n) is 3.85. The van der Waals surface area contributed by atoms with Gasteiger partial charge in [-0.1, -0.05) is 17.4 Å².